The maximum absolute atomic E-state index is 12.4. The number of allylic oxidation sites excluding steroid dienone is 1. The van der Waals surface area contributed by atoms with E-state index in [1.165, 1.54) is 0 Å². The molecule has 1 aliphatic rings. The molecule has 2 heterocycles. The van der Waals surface area contributed by atoms with Crippen molar-refractivity contribution in [1.29, 1.82) is 0 Å². The number of esters is 1. The number of carbonyl (C=O) groups is 1. The Kier molecular flexibility index (Phi) is 4.70. The summed E-state index contributed by atoms with van der Waals surface area (Å²) in [4.78, 5) is 21.3. The molecule has 1 unspecified atom stereocenters. The van der Waals surface area contributed by atoms with E-state index >= 15 is 0 Å². The molecule has 1 aromatic heterocycles. The van der Waals surface area contributed by atoms with Crippen LogP contribution in [0.3, 0.4) is 0 Å². The highest BCUT2D eigenvalue weighted by Crippen LogP contribution is 2.32. The van der Waals surface area contributed by atoms with Gasteiger partial charge in [0, 0.05) is 23.7 Å². The molecule has 0 saturated heterocycles. The third-order valence-corrected chi connectivity index (χ3v) is 3.79. The molecule has 1 aromatic carbocycles. The average Bonchev–Trinajstić information content (AvgIpc) is 2.62. The molecule has 0 amide bonds. The number of aromatic nitrogens is 1. The first-order valence-electron chi connectivity index (χ1n) is 7.88. The fraction of sp³-hybridized carbons (Fsp3) is 0.211. The molecule has 1 N–H and O–H groups in total. The van der Waals surface area contributed by atoms with Gasteiger partial charge in [-0.1, -0.05) is 30.3 Å². The van der Waals surface area contributed by atoms with Crippen LogP contribution in [0.15, 0.2) is 71.1 Å². The highest BCUT2D eigenvalue weighted by atomic mass is 16.5. The van der Waals surface area contributed by atoms with Gasteiger partial charge >= 0.3 is 5.97 Å². The highest BCUT2D eigenvalue weighted by molar-refractivity contribution is 6.03. The fourth-order valence-corrected chi connectivity index (χ4v) is 2.68. The largest absolute Gasteiger partial charge is 0.463 e. The number of aliphatic imine (C=N–C) groups is 1. The average molecular weight is 321 g/mol. The number of nitrogens with zero attached hydrogens (tertiary/aromatic N) is 2. The molecule has 122 valence electrons. The zero-order valence-electron chi connectivity index (χ0n) is 13.7. The first kappa shape index (κ1) is 15.9. The lowest BCUT2D eigenvalue weighted by molar-refractivity contribution is -0.138. The topological polar surface area (TPSA) is 63.6 Å². The third kappa shape index (κ3) is 3.20. The van der Waals surface area contributed by atoms with E-state index in [4.69, 9.17) is 9.73 Å². The molecule has 0 saturated carbocycles. The standard InChI is InChI=1S/C19H19N3O2/c1-3-24-19(23)16-13(2)21-18(15-10-7-11-20-12-15)22-17(16)14-8-5-4-6-9-14/h4-12,17H,3H2,1-2H3,(H,21,22). The summed E-state index contributed by atoms with van der Waals surface area (Å²) < 4.78 is 5.23. The zero-order chi connectivity index (χ0) is 16.9. The minimum absolute atomic E-state index is 0.330. The van der Waals surface area contributed by atoms with Crippen molar-refractivity contribution in [2.24, 2.45) is 4.99 Å². The summed E-state index contributed by atoms with van der Waals surface area (Å²) >= 11 is 0. The maximum atomic E-state index is 12.4. The molecule has 5 heteroatoms. The van der Waals surface area contributed by atoms with E-state index in [0.29, 0.717) is 18.0 Å². The van der Waals surface area contributed by atoms with Crippen LogP contribution in [0.2, 0.25) is 0 Å². The van der Waals surface area contributed by atoms with E-state index in [1.54, 1.807) is 19.3 Å². The van der Waals surface area contributed by atoms with Gasteiger partial charge in [-0.15, -0.1) is 0 Å². The molecule has 0 spiro atoms. The summed E-state index contributed by atoms with van der Waals surface area (Å²) in [5, 5.41) is 3.21. The van der Waals surface area contributed by atoms with Crippen molar-refractivity contribution >= 4 is 11.8 Å². The number of hydrogen-bond acceptors (Lipinski definition) is 5. The Bertz CT molecular complexity index is 783. The van der Waals surface area contributed by atoms with Gasteiger partial charge in [-0.2, -0.15) is 0 Å². The van der Waals surface area contributed by atoms with Crippen molar-refractivity contribution in [3.8, 4) is 0 Å². The Morgan fingerprint density at radius 1 is 1.21 bits per heavy atom. The van der Waals surface area contributed by atoms with Gasteiger partial charge in [0.25, 0.3) is 0 Å². The van der Waals surface area contributed by atoms with Gasteiger partial charge in [0.05, 0.1) is 12.2 Å². The summed E-state index contributed by atoms with van der Waals surface area (Å²) in [5.74, 6) is 0.354. The van der Waals surface area contributed by atoms with Crippen LogP contribution in [-0.2, 0) is 9.53 Å². The van der Waals surface area contributed by atoms with Gasteiger partial charge in [0.2, 0.25) is 0 Å². The molecule has 1 atom stereocenters. The fourth-order valence-electron chi connectivity index (χ4n) is 2.68. The summed E-state index contributed by atoms with van der Waals surface area (Å²) in [7, 11) is 0. The Balaban J connectivity index is 2.06. The minimum atomic E-state index is -0.401. The number of rotatable bonds is 4. The van der Waals surface area contributed by atoms with Gasteiger partial charge in [-0.3, -0.25) is 9.98 Å². The van der Waals surface area contributed by atoms with E-state index in [9.17, 15) is 4.79 Å². The minimum Gasteiger partial charge on any atom is -0.463 e. The van der Waals surface area contributed by atoms with Crippen LogP contribution in [-0.4, -0.2) is 23.4 Å². The lowest BCUT2D eigenvalue weighted by Gasteiger charge is -2.26. The van der Waals surface area contributed by atoms with Gasteiger partial charge < -0.3 is 10.1 Å². The quantitative estimate of drug-likeness (QED) is 0.879. The molecule has 0 bridgehead atoms. The van der Waals surface area contributed by atoms with Gasteiger partial charge in [-0.25, -0.2) is 4.79 Å². The molecule has 0 radical (unpaired) electrons. The van der Waals surface area contributed by atoms with E-state index in [1.807, 2.05) is 49.4 Å². The Morgan fingerprint density at radius 2 is 2.00 bits per heavy atom. The lowest BCUT2D eigenvalue weighted by Crippen LogP contribution is -2.32. The van der Waals surface area contributed by atoms with Crippen LogP contribution < -0.4 is 5.32 Å². The SMILES string of the molecule is CCOC(=O)C1=C(C)NC(c2cccnc2)=NC1c1ccccc1. The zero-order valence-corrected chi connectivity index (χ0v) is 13.7. The molecule has 1 aliphatic heterocycles. The van der Waals surface area contributed by atoms with Crippen molar-refractivity contribution in [2.75, 3.05) is 6.61 Å². The van der Waals surface area contributed by atoms with Crippen molar-refractivity contribution < 1.29 is 9.53 Å². The van der Waals surface area contributed by atoms with Crippen LogP contribution >= 0.6 is 0 Å². The molecule has 3 rings (SSSR count). The van der Waals surface area contributed by atoms with Crippen molar-refractivity contribution in [3.05, 3.63) is 77.3 Å². The summed E-state index contributed by atoms with van der Waals surface area (Å²) in [6.07, 6.45) is 3.46. The number of carbonyl (C=O) groups excluding carboxylic acids is 1. The van der Waals surface area contributed by atoms with Crippen LogP contribution in [0.25, 0.3) is 0 Å². The second-order valence-electron chi connectivity index (χ2n) is 5.42. The number of nitrogens with one attached hydrogen (secondary N) is 1. The number of hydrogen-bond donors (Lipinski definition) is 1. The van der Waals surface area contributed by atoms with Crippen molar-refractivity contribution in [2.45, 2.75) is 19.9 Å². The molecule has 5 nitrogen and oxygen atoms in total. The first-order chi connectivity index (χ1) is 11.7. The Labute approximate surface area is 141 Å². The predicted octanol–water partition coefficient (Wildman–Crippen LogP) is 3.01. The van der Waals surface area contributed by atoms with E-state index < -0.39 is 6.04 Å². The molecular formula is C19H19N3O2. The third-order valence-electron chi connectivity index (χ3n) is 3.79. The molecule has 2 aromatic rings. The van der Waals surface area contributed by atoms with Crippen molar-refractivity contribution in [1.82, 2.24) is 10.3 Å². The monoisotopic (exact) mass is 321 g/mol. The van der Waals surface area contributed by atoms with Crippen LogP contribution in [0.1, 0.15) is 31.0 Å². The smallest absolute Gasteiger partial charge is 0.338 e. The van der Waals surface area contributed by atoms with Gasteiger partial charge in [0.1, 0.15) is 11.9 Å². The summed E-state index contributed by atoms with van der Waals surface area (Å²) in [6.45, 7) is 4.00. The normalized spacial score (nSPS) is 17.1. The van der Waals surface area contributed by atoms with E-state index in [-0.39, 0.29) is 5.97 Å². The molecule has 0 fully saturated rings. The van der Waals surface area contributed by atoms with E-state index in [0.717, 1.165) is 16.8 Å². The molecular weight excluding hydrogens is 302 g/mol. The van der Waals surface area contributed by atoms with Crippen LogP contribution in [0, 0.1) is 0 Å². The molecule has 24 heavy (non-hydrogen) atoms. The number of pyridine rings is 1. The Morgan fingerprint density at radius 3 is 2.67 bits per heavy atom. The van der Waals surface area contributed by atoms with Gasteiger partial charge in [-0.05, 0) is 31.5 Å². The van der Waals surface area contributed by atoms with Gasteiger partial charge in [0.15, 0.2) is 0 Å². The van der Waals surface area contributed by atoms with E-state index in [2.05, 4.69) is 10.3 Å². The highest BCUT2D eigenvalue weighted by Gasteiger charge is 2.30. The van der Waals surface area contributed by atoms with Crippen LogP contribution in [0.5, 0.6) is 0 Å². The lowest BCUT2D eigenvalue weighted by atomic mass is 9.95. The summed E-state index contributed by atoms with van der Waals surface area (Å²) in [5.41, 5.74) is 3.11. The van der Waals surface area contributed by atoms with Crippen molar-refractivity contribution in [3.63, 3.8) is 0 Å². The second kappa shape index (κ2) is 7.08. The van der Waals surface area contributed by atoms with Crippen LogP contribution in [0.4, 0.5) is 0 Å². The summed E-state index contributed by atoms with van der Waals surface area (Å²) in [6, 6.07) is 13.1. The predicted molar refractivity (Wildman–Crippen MR) is 92.4 cm³/mol. The number of benzene rings is 1. The number of ether oxygens (including phenoxy) is 1. The number of amidine groups is 1. The maximum Gasteiger partial charge on any atom is 0.338 e. The Hall–Kier alpha value is -2.95. The molecule has 0 aliphatic carbocycles. The first-order valence-corrected chi connectivity index (χ1v) is 7.88. The second-order valence-corrected chi connectivity index (χ2v) is 5.42.